The molecule has 0 aliphatic carbocycles. The van der Waals surface area contributed by atoms with E-state index in [0.29, 0.717) is 6.61 Å². The van der Waals surface area contributed by atoms with Crippen LogP contribution in [0.3, 0.4) is 0 Å². The molecule has 3 aromatic rings. The number of nitrogens with zero attached hydrogens (tertiary/aromatic N) is 2. The molecule has 0 bridgehead atoms. The molecule has 4 rings (SSSR count). The van der Waals surface area contributed by atoms with Gasteiger partial charge in [0.25, 0.3) is 0 Å². The Hall–Kier alpha value is -2.81. The van der Waals surface area contributed by atoms with Gasteiger partial charge in [0.1, 0.15) is 12.3 Å². The average molecular weight is 374 g/mol. The van der Waals surface area contributed by atoms with Crippen molar-refractivity contribution in [3.63, 3.8) is 0 Å². The minimum Gasteiger partial charge on any atom is -0.493 e. The summed E-state index contributed by atoms with van der Waals surface area (Å²) in [4.78, 5) is 2.36. The van der Waals surface area contributed by atoms with E-state index in [1.54, 1.807) is 0 Å². The summed E-state index contributed by atoms with van der Waals surface area (Å²) >= 11 is 0. The topological polar surface area (TPSA) is 15.5 Å². The number of anilines is 1. The first kappa shape index (κ1) is 18.5. The van der Waals surface area contributed by atoms with E-state index in [9.17, 15) is 0 Å². The molecule has 3 heteroatoms. The van der Waals surface area contributed by atoms with Crippen LogP contribution in [0.4, 0.5) is 11.4 Å². The van der Waals surface area contributed by atoms with Crippen LogP contribution in [-0.4, -0.2) is 36.5 Å². The van der Waals surface area contributed by atoms with Crippen molar-refractivity contribution in [3.05, 3.63) is 65.7 Å². The van der Waals surface area contributed by atoms with Crippen molar-refractivity contribution < 1.29 is 9.31 Å². The molecule has 1 aliphatic heterocycles. The summed E-state index contributed by atoms with van der Waals surface area (Å²) in [7, 11) is 0. The van der Waals surface area contributed by atoms with E-state index in [2.05, 4.69) is 91.8 Å². The summed E-state index contributed by atoms with van der Waals surface area (Å²) in [6, 6.07) is 19.9. The van der Waals surface area contributed by atoms with Gasteiger partial charge in [-0.1, -0.05) is 24.3 Å². The zero-order valence-electron chi connectivity index (χ0n) is 17.3. The third-order valence-corrected chi connectivity index (χ3v) is 5.66. The molecular weight excluding hydrogens is 344 g/mol. The van der Waals surface area contributed by atoms with Crippen molar-refractivity contribution in [1.29, 1.82) is 0 Å². The van der Waals surface area contributed by atoms with E-state index in [0.717, 1.165) is 25.4 Å². The molecule has 0 atom stereocenters. The van der Waals surface area contributed by atoms with Gasteiger partial charge in [0.05, 0.1) is 23.1 Å². The van der Waals surface area contributed by atoms with Crippen LogP contribution >= 0.6 is 0 Å². The lowest BCUT2D eigenvalue weighted by Crippen LogP contribution is -2.22. The fraction of sp³-hybridized carbons (Fsp3) is 0.320. The first-order chi connectivity index (χ1) is 13.7. The number of benzene rings is 3. The normalized spacial score (nSPS) is 12.7. The van der Waals surface area contributed by atoms with Crippen molar-refractivity contribution in [2.24, 2.45) is 0 Å². The molecule has 0 spiro atoms. The third-order valence-electron chi connectivity index (χ3n) is 5.66. The van der Waals surface area contributed by atoms with Gasteiger partial charge < -0.3 is 9.64 Å². The van der Waals surface area contributed by atoms with Gasteiger partial charge in [0.15, 0.2) is 0 Å². The molecule has 0 unspecified atom stereocenters. The molecule has 144 valence electrons. The third kappa shape index (κ3) is 2.86. The number of ether oxygens (including phenoxy) is 1. The lowest BCUT2D eigenvalue weighted by molar-refractivity contribution is -0.431. The van der Waals surface area contributed by atoms with Gasteiger partial charge in [-0.05, 0) is 51.3 Å². The molecule has 0 radical (unpaired) electrons. The fourth-order valence-corrected chi connectivity index (χ4v) is 4.40. The van der Waals surface area contributed by atoms with Crippen molar-refractivity contribution >= 4 is 27.9 Å². The molecule has 1 aliphatic rings. The zero-order chi connectivity index (χ0) is 19.7. The Bertz CT molecular complexity index is 1040. The maximum Gasteiger partial charge on any atom is 0.224 e. The molecule has 0 fully saturated rings. The van der Waals surface area contributed by atoms with Crippen LogP contribution in [-0.2, 0) is 0 Å². The van der Waals surface area contributed by atoms with Crippen LogP contribution in [0.15, 0.2) is 54.6 Å². The van der Waals surface area contributed by atoms with E-state index in [1.807, 2.05) is 0 Å². The summed E-state index contributed by atoms with van der Waals surface area (Å²) in [6.45, 7) is 12.2. The van der Waals surface area contributed by atoms with E-state index in [4.69, 9.17) is 4.74 Å². The largest absolute Gasteiger partial charge is 0.493 e. The lowest BCUT2D eigenvalue weighted by atomic mass is 9.97. The van der Waals surface area contributed by atoms with Gasteiger partial charge in [0.2, 0.25) is 11.4 Å². The van der Waals surface area contributed by atoms with Gasteiger partial charge in [0, 0.05) is 30.9 Å². The second-order valence-corrected chi connectivity index (χ2v) is 7.06. The van der Waals surface area contributed by atoms with Crippen molar-refractivity contribution in [1.82, 2.24) is 0 Å². The molecule has 0 aromatic heterocycles. The molecule has 3 nitrogen and oxygen atoms in total. The van der Waals surface area contributed by atoms with Gasteiger partial charge in [-0.3, -0.25) is 0 Å². The maximum atomic E-state index is 6.14. The quantitative estimate of drug-likeness (QED) is 0.501. The number of rotatable bonds is 7. The molecule has 0 N–H and O–H groups in total. The highest BCUT2D eigenvalue weighted by atomic mass is 16.5. The molecule has 0 saturated carbocycles. The highest BCUT2D eigenvalue weighted by Gasteiger charge is 2.33. The Labute approximate surface area is 167 Å². The van der Waals surface area contributed by atoms with Crippen LogP contribution in [0.1, 0.15) is 38.8 Å². The van der Waals surface area contributed by atoms with Crippen LogP contribution < -0.4 is 9.64 Å². The Kier molecular flexibility index (Phi) is 5.08. The molecule has 0 saturated heterocycles. The fourth-order valence-electron chi connectivity index (χ4n) is 4.40. The molecule has 3 aromatic carbocycles. The average Bonchev–Trinajstić information content (AvgIpc) is 3.05. The highest BCUT2D eigenvalue weighted by molar-refractivity contribution is 6.23. The first-order valence-electron chi connectivity index (χ1n) is 10.4. The summed E-state index contributed by atoms with van der Waals surface area (Å²) in [5.74, 6) is 0.963. The van der Waals surface area contributed by atoms with Crippen molar-refractivity contribution in [3.8, 4) is 5.75 Å². The van der Waals surface area contributed by atoms with E-state index in [1.165, 1.54) is 39.0 Å². The van der Waals surface area contributed by atoms with Gasteiger partial charge in [-0.2, -0.15) is 4.58 Å². The Morgan fingerprint density at radius 3 is 2.29 bits per heavy atom. The first-order valence-corrected chi connectivity index (χ1v) is 10.4. The lowest BCUT2D eigenvalue weighted by Gasteiger charge is -2.22. The highest BCUT2D eigenvalue weighted by Crippen LogP contribution is 2.39. The smallest absolute Gasteiger partial charge is 0.224 e. The van der Waals surface area contributed by atoms with E-state index in [-0.39, 0.29) is 0 Å². The van der Waals surface area contributed by atoms with Crippen LogP contribution in [0.25, 0.3) is 10.8 Å². The molecule has 1 heterocycles. The van der Waals surface area contributed by atoms with Crippen molar-refractivity contribution in [2.75, 3.05) is 31.1 Å². The second-order valence-electron chi connectivity index (χ2n) is 7.06. The van der Waals surface area contributed by atoms with E-state index >= 15 is 0 Å². The van der Waals surface area contributed by atoms with E-state index < -0.39 is 0 Å². The SMILES string of the molecule is CCOc1cc(N(CC)CC)ccc1C1=[N+](CC)c2cccc3cccc1c23. The van der Waals surface area contributed by atoms with Crippen LogP contribution in [0.2, 0.25) is 0 Å². The van der Waals surface area contributed by atoms with Crippen LogP contribution in [0.5, 0.6) is 5.75 Å². The Balaban J connectivity index is 1.94. The summed E-state index contributed by atoms with van der Waals surface area (Å²) in [5, 5.41) is 2.64. The Morgan fingerprint density at radius 1 is 0.857 bits per heavy atom. The standard InChI is InChI=1S/C25H29N2O/c1-5-26(6-2)19-15-16-20(23(17-19)28-8-4)25-21-13-9-11-18-12-10-14-22(24(18)21)27(25)7-3/h9-17H,5-8H2,1-4H3/q+1. The predicted octanol–water partition coefficient (Wildman–Crippen LogP) is 5.60. The molecular formula is C25H29N2O+. The summed E-state index contributed by atoms with van der Waals surface area (Å²) in [6.07, 6.45) is 0. The summed E-state index contributed by atoms with van der Waals surface area (Å²) in [5.41, 5.74) is 6.23. The van der Waals surface area contributed by atoms with Crippen LogP contribution in [0, 0.1) is 0 Å². The minimum absolute atomic E-state index is 0.658. The molecule has 0 amide bonds. The van der Waals surface area contributed by atoms with Gasteiger partial charge >= 0.3 is 0 Å². The maximum absolute atomic E-state index is 6.14. The summed E-state index contributed by atoms with van der Waals surface area (Å²) < 4.78 is 8.57. The predicted molar refractivity (Wildman–Crippen MR) is 119 cm³/mol. The Morgan fingerprint density at radius 2 is 1.61 bits per heavy atom. The number of hydrogen-bond acceptors (Lipinski definition) is 2. The zero-order valence-corrected chi connectivity index (χ0v) is 17.3. The minimum atomic E-state index is 0.658. The van der Waals surface area contributed by atoms with Gasteiger partial charge in [-0.15, -0.1) is 0 Å². The monoisotopic (exact) mass is 373 g/mol. The van der Waals surface area contributed by atoms with Crippen molar-refractivity contribution in [2.45, 2.75) is 27.7 Å². The molecule has 28 heavy (non-hydrogen) atoms. The van der Waals surface area contributed by atoms with Gasteiger partial charge in [-0.25, -0.2) is 0 Å². The second kappa shape index (κ2) is 7.67. The number of hydrogen-bond donors (Lipinski definition) is 0.